The smallest absolute Gasteiger partial charge is 0.337 e. The number of amides is 2. The first-order chi connectivity index (χ1) is 14.0. The van der Waals surface area contributed by atoms with Crippen molar-refractivity contribution < 1.29 is 23.5 Å². The van der Waals surface area contributed by atoms with E-state index in [0.29, 0.717) is 37.1 Å². The molecule has 3 rings (SSSR count). The zero-order chi connectivity index (χ0) is 20.8. The standard InChI is InChI=1S/C22H23FN2O4/c1-29-22(28)17-7-5-15(6-8-17)12-24-21(27)18-9-10-20(26)25(14-18)13-16-3-2-4-19(23)11-16/h2-8,11,18H,9-10,12-14H2,1H3,(H,24,27)/t18-/m1/s1. The van der Waals surface area contributed by atoms with Crippen molar-refractivity contribution in [2.45, 2.75) is 25.9 Å². The van der Waals surface area contributed by atoms with Gasteiger partial charge in [-0.05, 0) is 41.8 Å². The summed E-state index contributed by atoms with van der Waals surface area (Å²) >= 11 is 0. The first-order valence-electron chi connectivity index (χ1n) is 9.43. The predicted molar refractivity (Wildman–Crippen MR) is 104 cm³/mol. The Morgan fingerprint density at radius 1 is 1.17 bits per heavy atom. The number of halogens is 1. The fraction of sp³-hybridized carbons (Fsp3) is 0.318. The van der Waals surface area contributed by atoms with Crippen LogP contribution >= 0.6 is 0 Å². The third kappa shape index (κ3) is 5.40. The van der Waals surface area contributed by atoms with Gasteiger partial charge in [0.1, 0.15) is 5.82 Å². The fourth-order valence-corrected chi connectivity index (χ4v) is 3.35. The van der Waals surface area contributed by atoms with Gasteiger partial charge in [-0.3, -0.25) is 9.59 Å². The molecule has 1 heterocycles. The average Bonchev–Trinajstić information content (AvgIpc) is 2.73. The summed E-state index contributed by atoms with van der Waals surface area (Å²) in [6.45, 7) is 0.923. The highest BCUT2D eigenvalue weighted by Gasteiger charge is 2.30. The van der Waals surface area contributed by atoms with Crippen LogP contribution in [-0.2, 0) is 27.4 Å². The molecule has 2 aromatic carbocycles. The molecule has 1 atom stereocenters. The molecule has 6 nitrogen and oxygen atoms in total. The number of carbonyl (C=O) groups excluding carboxylic acids is 3. The van der Waals surface area contributed by atoms with Gasteiger partial charge in [0.05, 0.1) is 18.6 Å². The molecular weight excluding hydrogens is 375 g/mol. The lowest BCUT2D eigenvalue weighted by molar-refractivity contribution is -0.139. The molecule has 0 saturated carbocycles. The molecule has 1 fully saturated rings. The molecule has 0 aliphatic carbocycles. The van der Waals surface area contributed by atoms with Crippen molar-refractivity contribution in [2.75, 3.05) is 13.7 Å². The molecule has 1 aliphatic rings. The molecule has 0 bridgehead atoms. The van der Waals surface area contributed by atoms with Gasteiger partial charge in [-0.15, -0.1) is 0 Å². The summed E-state index contributed by atoms with van der Waals surface area (Å²) in [5.41, 5.74) is 2.00. The van der Waals surface area contributed by atoms with Crippen LogP contribution in [0.15, 0.2) is 48.5 Å². The number of rotatable bonds is 6. The Morgan fingerprint density at radius 2 is 1.93 bits per heavy atom. The molecule has 1 N–H and O–H groups in total. The van der Waals surface area contributed by atoms with Crippen LogP contribution in [0.3, 0.4) is 0 Å². The lowest BCUT2D eigenvalue weighted by Crippen LogP contribution is -2.45. The average molecular weight is 398 g/mol. The van der Waals surface area contributed by atoms with Gasteiger partial charge in [-0.1, -0.05) is 24.3 Å². The highest BCUT2D eigenvalue weighted by Crippen LogP contribution is 2.20. The SMILES string of the molecule is COC(=O)c1ccc(CNC(=O)[C@@H]2CCC(=O)N(Cc3cccc(F)c3)C2)cc1. The lowest BCUT2D eigenvalue weighted by Gasteiger charge is -2.32. The first kappa shape index (κ1) is 20.5. The van der Waals surface area contributed by atoms with Gasteiger partial charge in [0.25, 0.3) is 0 Å². The molecule has 0 unspecified atom stereocenters. The van der Waals surface area contributed by atoms with Crippen LogP contribution in [-0.4, -0.2) is 36.3 Å². The number of nitrogens with zero attached hydrogens (tertiary/aromatic N) is 1. The summed E-state index contributed by atoms with van der Waals surface area (Å²) in [6, 6.07) is 12.9. The molecule has 0 aromatic heterocycles. The van der Waals surface area contributed by atoms with E-state index in [0.717, 1.165) is 5.56 Å². The van der Waals surface area contributed by atoms with Gasteiger partial charge in [0.15, 0.2) is 0 Å². The third-order valence-corrected chi connectivity index (χ3v) is 4.98. The van der Waals surface area contributed by atoms with Crippen molar-refractivity contribution in [1.29, 1.82) is 0 Å². The molecule has 152 valence electrons. The summed E-state index contributed by atoms with van der Waals surface area (Å²) in [5, 5.41) is 2.89. The topological polar surface area (TPSA) is 75.7 Å². The molecule has 0 spiro atoms. The van der Waals surface area contributed by atoms with Crippen LogP contribution in [0.5, 0.6) is 0 Å². The maximum absolute atomic E-state index is 13.4. The Hall–Kier alpha value is -3.22. The van der Waals surface area contributed by atoms with E-state index in [2.05, 4.69) is 10.1 Å². The van der Waals surface area contributed by atoms with Gasteiger partial charge in [0.2, 0.25) is 11.8 Å². The summed E-state index contributed by atoms with van der Waals surface area (Å²) in [5.74, 6) is -1.23. The summed E-state index contributed by atoms with van der Waals surface area (Å²) in [4.78, 5) is 37.8. The Balaban J connectivity index is 1.55. The van der Waals surface area contributed by atoms with Gasteiger partial charge < -0.3 is 15.0 Å². The summed E-state index contributed by atoms with van der Waals surface area (Å²) < 4.78 is 18.0. The van der Waals surface area contributed by atoms with Crippen molar-refractivity contribution in [2.24, 2.45) is 5.92 Å². The number of benzene rings is 2. The Labute approximate surface area is 168 Å². The van der Waals surface area contributed by atoms with E-state index in [1.165, 1.54) is 19.2 Å². The molecule has 2 amide bonds. The maximum Gasteiger partial charge on any atom is 0.337 e. The van der Waals surface area contributed by atoms with Crippen molar-refractivity contribution in [3.63, 3.8) is 0 Å². The van der Waals surface area contributed by atoms with E-state index in [1.54, 1.807) is 41.3 Å². The van der Waals surface area contributed by atoms with Gasteiger partial charge in [-0.25, -0.2) is 9.18 Å². The third-order valence-electron chi connectivity index (χ3n) is 4.98. The summed E-state index contributed by atoms with van der Waals surface area (Å²) in [6.07, 6.45) is 0.785. The number of esters is 1. The number of ether oxygens (including phenoxy) is 1. The van der Waals surface area contributed by atoms with Crippen LogP contribution in [0.2, 0.25) is 0 Å². The van der Waals surface area contributed by atoms with Crippen LogP contribution in [0, 0.1) is 11.7 Å². The number of hydrogen-bond acceptors (Lipinski definition) is 4. The zero-order valence-corrected chi connectivity index (χ0v) is 16.2. The van der Waals surface area contributed by atoms with Crippen LogP contribution in [0.4, 0.5) is 4.39 Å². The predicted octanol–water partition coefficient (Wildman–Crippen LogP) is 2.67. The van der Waals surface area contributed by atoms with E-state index < -0.39 is 5.97 Å². The molecule has 1 aliphatic heterocycles. The number of carbonyl (C=O) groups is 3. The number of hydrogen-bond donors (Lipinski definition) is 1. The van der Waals surface area contributed by atoms with Crippen LogP contribution in [0.25, 0.3) is 0 Å². The molecule has 1 saturated heterocycles. The Bertz CT molecular complexity index is 898. The van der Waals surface area contributed by atoms with Crippen LogP contribution in [0.1, 0.15) is 34.3 Å². The van der Waals surface area contributed by atoms with E-state index >= 15 is 0 Å². The van der Waals surface area contributed by atoms with Crippen molar-refractivity contribution in [1.82, 2.24) is 10.2 Å². The second-order valence-corrected chi connectivity index (χ2v) is 7.05. The molecule has 2 aromatic rings. The maximum atomic E-state index is 13.4. The number of methoxy groups -OCH3 is 1. The van der Waals surface area contributed by atoms with Crippen molar-refractivity contribution in [3.8, 4) is 0 Å². The van der Waals surface area contributed by atoms with Gasteiger partial charge in [0, 0.05) is 26.1 Å². The molecular formula is C22H23FN2O4. The van der Waals surface area contributed by atoms with Gasteiger partial charge >= 0.3 is 5.97 Å². The second kappa shape index (κ2) is 9.32. The highest BCUT2D eigenvalue weighted by atomic mass is 19.1. The second-order valence-electron chi connectivity index (χ2n) is 7.05. The van der Waals surface area contributed by atoms with Crippen molar-refractivity contribution >= 4 is 17.8 Å². The van der Waals surface area contributed by atoms with Crippen molar-refractivity contribution in [3.05, 3.63) is 71.0 Å². The summed E-state index contributed by atoms with van der Waals surface area (Å²) in [7, 11) is 1.32. The normalized spacial score (nSPS) is 16.4. The molecule has 7 heteroatoms. The molecule has 0 radical (unpaired) electrons. The quantitative estimate of drug-likeness (QED) is 0.759. The number of piperidine rings is 1. The van der Waals surface area contributed by atoms with Crippen LogP contribution < -0.4 is 5.32 Å². The highest BCUT2D eigenvalue weighted by molar-refractivity contribution is 5.89. The molecule has 29 heavy (non-hydrogen) atoms. The first-order valence-corrected chi connectivity index (χ1v) is 9.43. The van der Waals surface area contributed by atoms with E-state index in [1.807, 2.05) is 0 Å². The van der Waals surface area contributed by atoms with E-state index in [-0.39, 0.29) is 30.1 Å². The lowest BCUT2D eigenvalue weighted by atomic mass is 9.96. The Morgan fingerprint density at radius 3 is 2.62 bits per heavy atom. The number of likely N-dealkylation sites (tertiary alicyclic amines) is 1. The van der Waals surface area contributed by atoms with E-state index in [9.17, 15) is 18.8 Å². The minimum atomic E-state index is -0.411. The minimum Gasteiger partial charge on any atom is -0.465 e. The van der Waals surface area contributed by atoms with Gasteiger partial charge in [-0.2, -0.15) is 0 Å². The van der Waals surface area contributed by atoms with E-state index in [4.69, 9.17) is 0 Å². The monoisotopic (exact) mass is 398 g/mol. The zero-order valence-electron chi connectivity index (χ0n) is 16.2. The number of nitrogens with one attached hydrogen (secondary N) is 1. The fourth-order valence-electron chi connectivity index (χ4n) is 3.35. The largest absolute Gasteiger partial charge is 0.465 e. The minimum absolute atomic E-state index is 0.0308. The Kier molecular flexibility index (Phi) is 6.59.